The lowest BCUT2D eigenvalue weighted by molar-refractivity contribution is 0.321. The number of aryl methyl sites for hydroxylation is 1. The summed E-state index contributed by atoms with van der Waals surface area (Å²) in [5.41, 5.74) is 2.47. The molecule has 0 N–H and O–H groups in total. The third kappa shape index (κ3) is 4.39. The van der Waals surface area contributed by atoms with Gasteiger partial charge in [-0.2, -0.15) is 0 Å². The molecule has 0 saturated heterocycles. The predicted molar refractivity (Wildman–Crippen MR) is 67.3 cm³/mol. The Kier molecular flexibility index (Phi) is 4.90. The molecule has 88 valence electrons. The topological polar surface area (TPSA) is 18.5 Å². The molecule has 0 amide bonds. The summed E-state index contributed by atoms with van der Waals surface area (Å²) in [5, 5.41) is 0. The first-order valence-corrected chi connectivity index (χ1v) is 5.53. The quantitative estimate of drug-likeness (QED) is 0.556. The fourth-order valence-corrected chi connectivity index (χ4v) is 1.44. The van der Waals surface area contributed by atoms with Gasteiger partial charge in [-0.1, -0.05) is 11.6 Å². The van der Waals surface area contributed by atoms with Gasteiger partial charge in [0.15, 0.2) is 0 Å². The van der Waals surface area contributed by atoms with Crippen molar-refractivity contribution in [2.24, 2.45) is 0 Å². The average Bonchev–Trinajstić information content (AvgIpc) is 2.23. The van der Waals surface area contributed by atoms with Crippen LogP contribution in [0.25, 0.3) is 0 Å². The van der Waals surface area contributed by atoms with Gasteiger partial charge in [0, 0.05) is 6.07 Å². The first-order valence-electron chi connectivity index (χ1n) is 5.53. The Morgan fingerprint density at radius 1 is 1.19 bits per heavy atom. The second-order valence-corrected chi connectivity index (χ2v) is 4.10. The first-order chi connectivity index (χ1) is 7.61. The van der Waals surface area contributed by atoms with E-state index in [1.54, 1.807) is 7.11 Å². The Morgan fingerprint density at radius 3 is 2.50 bits per heavy atom. The summed E-state index contributed by atoms with van der Waals surface area (Å²) in [5.74, 6) is 1.72. The third-order valence-electron chi connectivity index (χ3n) is 2.20. The highest BCUT2D eigenvalue weighted by atomic mass is 16.5. The van der Waals surface area contributed by atoms with Crippen molar-refractivity contribution in [3.8, 4) is 11.5 Å². The first kappa shape index (κ1) is 12.6. The van der Waals surface area contributed by atoms with E-state index in [9.17, 15) is 0 Å². The molecule has 0 aliphatic carbocycles. The second kappa shape index (κ2) is 6.21. The van der Waals surface area contributed by atoms with Crippen LogP contribution < -0.4 is 9.47 Å². The van der Waals surface area contributed by atoms with E-state index in [0.29, 0.717) is 6.61 Å². The highest BCUT2D eigenvalue weighted by Gasteiger charge is 1.98. The summed E-state index contributed by atoms with van der Waals surface area (Å²) in [6.07, 6.45) is 3.12. The number of allylic oxidation sites excluding steroid dienone is 1. The summed E-state index contributed by atoms with van der Waals surface area (Å²) < 4.78 is 10.8. The fraction of sp³-hybridized carbons (Fsp3) is 0.429. The van der Waals surface area contributed by atoms with E-state index in [0.717, 1.165) is 23.5 Å². The molecule has 1 aromatic rings. The Morgan fingerprint density at radius 2 is 1.88 bits per heavy atom. The standard InChI is InChI=1S/C14H20O2/c1-11(2)6-5-7-16-14-9-12(3)8-13(10-14)15-4/h6,8-10H,5,7H2,1-4H3. The summed E-state index contributed by atoms with van der Waals surface area (Å²) in [6.45, 7) is 6.93. The van der Waals surface area contributed by atoms with Crippen LogP contribution >= 0.6 is 0 Å². The van der Waals surface area contributed by atoms with Crippen molar-refractivity contribution in [2.45, 2.75) is 27.2 Å². The van der Waals surface area contributed by atoms with Crippen LogP contribution in [0, 0.1) is 6.92 Å². The molecule has 0 fully saturated rings. The van der Waals surface area contributed by atoms with Gasteiger partial charge in [0.25, 0.3) is 0 Å². The molecule has 2 nitrogen and oxygen atoms in total. The van der Waals surface area contributed by atoms with Crippen LogP contribution in [-0.4, -0.2) is 13.7 Å². The zero-order valence-electron chi connectivity index (χ0n) is 10.5. The van der Waals surface area contributed by atoms with Gasteiger partial charge in [-0.15, -0.1) is 0 Å². The predicted octanol–water partition coefficient (Wildman–Crippen LogP) is 3.74. The van der Waals surface area contributed by atoms with Crippen LogP contribution in [0.1, 0.15) is 25.8 Å². The van der Waals surface area contributed by atoms with Gasteiger partial charge >= 0.3 is 0 Å². The maximum atomic E-state index is 5.66. The van der Waals surface area contributed by atoms with E-state index in [2.05, 4.69) is 19.9 Å². The number of benzene rings is 1. The molecule has 0 atom stereocenters. The zero-order chi connectivity index (χ0) is 12.0. The molecule has 0 spiro atoms. The van der Waals surface area contributed by atoms with Gasteiger partial charge in [-0.3, -0.25) is 0 Å². The number of rotatable bonds is 5. The number of ether oxygens (including phenoxy) is 2. The van der Waals surface area contributed by atoms with Crippen LogP contribution in [-0.2, 0) is 0 Å². The lowest BCUT2D eigenvalue weighted by Crippen LogP contribution is -1.97. The smallest absolute Gasteiger partial charge is 0.123 e. The Labute approximate surface area is 97.9 Å². The highest BCUT2D eigenvalue weighted by Crippen LogP contribution is 2.22. The number of hydrogen-bond acceptors (Lipinski definition) is 2. The Hall–Kier alpha value is -1.44. The zero-order valence-corrected chi connectivity index (χ0v) is 10.5. The van der Waals surface area contributed by atoms with Gasteiger partial charge in [-0.25, -0.2) is 0 Å². The van der Waals surface area contributed by atoms with Gasteiger partial charge in [0.1, 0.15) is 11.5 Å². The molecule has 2 heteroatoms. The molecular formula is C14H20O2. The maximum Gasteiger partial charge on any atom is 0.123 e. The van der Waals surface area contributed by atoms with E-state index in [1.807, 2.05) is 25.1 Å². The lowest BCUT2D eigenvalue weighted by atomic mass is 10.2. The second-order valence-electron chi connectivity index (χ2n) is 4.10. The third-order valence-corrected chi connectivity index (χ3v) is 2.20. The van der Waals surface area contributed by atoms with Gasteiger partial charge in [0.05, 0.1) is 13.7 Å². The van der Waals surface area contributed by atoms with E-state index < -0.39 is 0 Å². The van der Waals surface area contributed by atoms with Gasteiger partial charge < -0.3 is 9.47 Å². The fourth-order valence-electron chi connectivity index (χ4n) is 1.44. The molecule has 0 bridgehead atoms. The average molecular weight is 220 g/mol. The van der Waals surface area contributed by atoms with Crippen LogP contribution in [0.5, 0.6) is 11.5 Å². The Balaban J connectivity index is 2.53. The largest absolute Gasteiger partial charge is 0.497 e. The number of methoxy groups -OCH3 is 1. The van der Waals surface area contributed by atoms with Crippen LogP contribution in [0.3, 0.4) is 0 Å². The lowest BCUT2D eigenvalue weighted by Gasteiger charge is -2.08. The van der Waals surface area contributed by atoms with Crippen molar-refractivity contribution < 1.29 is 9.47 Å². The van der Waals surface area contributed by atoms with Crippen molar-refractivity contribution in [3.63, 3.8) is 0 Å². The van der Waals surface area contributed by atoms with Crippen molar-refractivity contribution >= 4 is 0 Å². The van der Waals surface area contributed by atoms with Crippen molar-refractivity contribution in [1.82, 2.24) is 0 Å². The van der Waals surface area contributed by atoms with Gasteiger partial charge in [-0.05, 0) is 44.9 Å². The highest BCUT2D eigenvalue weighted by molar-refractivity contribution is 5.37. The van der Waals surface area contributed by atoms with Crippen LogP contribution in [0.2, 0.25) is 0 Å². The van der Waals surface area contributed by atoms with Crippen molar-refractivity contribution in [3.05, 3.63) is 35.4 Å². The monoisotopic (exact) mass is 220 g/mol. The minimum Gasteiger partial charge on any atom is -0.497 e. The SMILES string of the molecule is COc1cc(C)cc(OCCC=C(C)C)c1. The molecule has 0 aliphatic rings. The van der Waals surface area contributed by atoms with Gasteiger partial charge in [0.2, 0.25) is 0 Å². The van der Waals surface area contributed by atoms with Crippen molar-refractivity contribution in [2.75, 3.05) is 13.7 Å². The molecule has 0 saturated carbocycles. The molecule has 0 heterocycles. The normalized spacial score (nSPS) is 9.75. The molecule has 0 unspecified atom stereocenters. The molecule has 0 radical (unpaired) electrons. The van der Waals surface area contributed by atoms with E-state index in [4.69, 9.17) is 9.47 Å². The van der Waals surface area contributed by atoms with Crippen molar-refractivity contribution in [1.29, 1.82) is 0 Å². The molecule has 16 heavy (non-hydrogen) atoms. The minimum absolute atomic E-state index is 0.706. The van der Waals surface area contributed by atoms with E-state index in [-0.39, 0.29) is 0 Å². The van der Waals surface area contributed by atoms with E-state index >= 15 is 0 Å². The molecule has 0 aliphatic heterocycles. The maximum absolute atomic E-state index is 5.66. The summed E-state index contributed by atoms with van der Waals surface area (Å²) in [6, 6.07) is 5.92. The molecule has 0 aromatic heterocycles. The molecule has 1 rings (SSSR count). The van der Waals surface area contributed by atoms with Crippen LogP contribution in [0.4, 0.5) is 0 Å². The van der Waals surface area contributed by atoms with E-state index in [1.165, 1.54) is 5.57 Å². The summed E-state index contributed by atoms with van der Waals surface area (Å²) in [4.78, 5) is 0. The Bertz CT molecular complexity index is 363. The molecular weight excluding hydrogens is 200 g/mol. The molecule has 1 aromatic carbocycles. The minimum atomic E-state index is 0.706. The summed E-state index contributed by atoms with van der Waals surface area (Å²) in [7, 11) is 1.67. The number of hydrogen-bond donors (Lipinski definition) is 0. The van der Waals surface area contributed by atoms with Crippen LogP contribution in [0.15, 0.2) is 29.8 Å². The summed E-state index contributed by atoms with van der Waals surface area (Å²) >= 11 is 0.